The van der Waals surface area contributed by atoms with Gasteiger partial charge in [0.05, 0.1) is 12.5 Å². The van der Waals surface area contributed by atoms with E-state index in [1.54, 1.807) is 30.3 Å². The van der Waals surface area contributed by atoms with E-state index < -0.39 is 17.7 Å². The number of anilines is 2. The van der Waals surface area contributed by atoms with Crippen LogP contribution in [0, 0.1) is 5.82 Å². The van der Waals surface area contributed by atoms with Gasteiger partial charge in [0, 0.05) is 36.6 Å². The number of ether oxygens (including phenoxy) is 1. The molecule has 0 saturated carbocycles. The van der Waals surface area contributed by atoms with Crippen LogP contribution in [0.15, 0.2) is 54.6 Å². The second kappa shape index (κ2) is 12.0. The van der Waals surface area contributed by atoms with Crippen molar-refractivity contribution in [2.75, 3.05) is 23.8 Å². The first kappa shape index (κ1) is 26.3. The van der Waals surface area contributed by atoms with Crippen molar-refractivity contribution < 1.29 is 23.8 Å². The highest BCUT2D eigenvalue weighted by Crippen LogP contribution is 2.28. The number of halogens is 1. The summed E-state index contributed by atoms with van der Waals surface area (Å²) in [5.41, 5.74) is 10.7. The highest BCUT2D eigenvalue weighted by atomic mass is 19.1. The molecular weight excluding hydrogens is 473 g/mol. The predicted octanol–water partition coefficient (Wildman–Crippen LogP) is 4.98. The number of carboxylic acids is 1. The maximum Gasteiger partial charge on any atom is 0.307 e. The molecule has 0 aliphatic carbocycles. The molecule has 1 amide bonds. The molecule has 1 unspecified atom stereocenters. The molecule has 1 aliphatic heterocycles. The fraction of sp³-hybridized carbons (Fsp3) is 0.310. The first-order valence-corrected chi connectivity index (χ1v) is 12.5. The van der Waals surface area contributed by atoms with Gasteiger partial charge in [0.15, 0.2) is 0 Å². The van der Waals surface area contributed by atoms with E-state index in [2.05, 4.69) is 10.6 Å². The maximum atomic E-state index is 14.3. The van der Waals surface area contributed by atoms with Gasteiger partial charge in [0.2, 0.25) is 0 Å². The fourth-order valence-electron chi connectivity index (χ4n) is 4.49. The number of rotatable bonds is 10. The lowest BCUT2D eigenvalue weighted by Gasteiger charge is -2.16. The summed E-state index contributed by atoms with van der Waals surface area (Å²) in [6.45, 7) is 3.50. The van der Waals surface area contributed by atoms with E-state index in [0.29, 0.717) is 45.7 Å². The van der Waals surface area contributed by atoms with Crippen LogP contribution in [0.4, 0.5) is 15.8 Å². The van der Waals surface area contributed by atoms with Gasteiger partial charge < -0.3 is 26.2 Å². The van der Waals surface area contributed by atoms with Crippen LogP contribution < -0.4 is 16.4 Å². The third kappa shape index (κ3) is 6.93. The molecule has 37 heavy (non-hydrogen) atoms. The van der Waals surface area contributed by atoms with E-state index in [9.17, 15) is 19.1 Å². The van der Waals surface area contributed by atoms with E-state index in [4.69, 9.17) is 10.5 Å². The fourth-order valence-corrected chi connectivity index (χ4v) is 4.49. The molecule has 1 heterocycles. The zero-order valence-electron chi connectivity index (χ0n) is 20.9. The summed E-state index contributed by atoms with van der Waals surface area (Å²) in [7, 11) is 0. The first-order valence-electron chi connectivity index (χ1n) is 12.5. The van der Waals surface area contributed by atoms with Crippen LogP contribution >= 0.6 is 0 Å². The van der Waals surface area contributed by atoms with Crippen molar-refractivity contribution in [1.82, 2.24) is 0 Å². The van der Waals surface area contributed by atoms with Crippen LogP contribution in [-0.4, -0.2) is 36.2 Å². The smallest absolute Gasteiger partial charge is 0.307 e. The summed E-state index contributed by atoms with van der Waals surface area (Å²) >= 11 is 0. The van der Waals surface area contributed by atoms with Crippen molar-refractivity contribution in [3.63, 3.8) is 0 Å². The summed E-state index contributed by atoms with van der Waals surface area (Å²) in [4.78, 5) is 24.8. The maximum absolute atomic E-state index is 14.3. The molecule has 194 valence electrons. The Morgan fingerprint density at radius 1 is 1.08 bits per heavy atom. The van der Waals surface area contributed by atoms with Gasteiger partial charge in [-0.05, 0) is 89.5 Å². The Bertz CT molecular complexity index is 1290. The van der Waals surface area contributed by atoms with E-state index in [1.165, 1.54) is 12.1 Å². The van der Waals surface area contributed by atoms with Gasteiger partial charge >= 0.3 is 5.97 Å². The van der Waals surface area contributed by atoms with Crippen molar-refractivity contribution >= 4 is 23.3 Å². The summed E-state index contributed by atoms with van der Waals surface area (Å²) in [5.74, 6) is -1.78. The molecule has 3 aromatic rings. The normalized spacial score (nSPS) is 14.9. The number of carbonyl (C=O) groups is 2. The van der Waals surface area contributed by atoms with Crippen molar-refractivity contribution in [2.24, 2.45) is 5.73 Å². The van der Waals surface area contributed by atoms with Gasteiger partial charge in [0.1, 0.15) is 5.82 Å². The largest absolute Gasteiger partial charge is 0.481 e. The quantitative estimate of drug-likeness (QED) is 0.309. The summed E-state index contributed by atoms with van der Waals surface area (Å²) in [6, 6.07) is 15.3. The Balaban J connectivity index is 1.68. The Hall–Kier alpha value is -3.75. The number of hydrogen-bond acceptors (Lipinski definition) is 5. The standard InChI is InChI=1S/C29H32FN3O4/c1-2-18-5-6-27(22(8-18)15-28(34)35)33-29(36)23-11-21(20-9-19(16-31)10-24(30)12-20)13-25(14-23)32-17-26-4-3-7-37-26/h5-6,8-14,26,32H,2-4,7,15-17,31H2,1H3,(H,33,36)(H,34,35). The number of benzene rings is 3. The second-order valence-electron chi connectivity index (χ2n) is 9.24. The second-order valence-corrected chi connectivity index (χ2v) is 9.24. The molecule has 0 aromatic heterocycles. The molecule has 0 spiro atoms. The first-order chi connectivity index (χ1) is 17.8. The Labute approximate surface area is 215 Å². The number of hydrogen-bond donors (Lipinski definition) is 4. The number of nitrogens with one attached hydrogen (secondary N) is 2. The molecule has 0 radical (unpaired) electrons. The molecule has 1 fully saturated rings. The molecule has 0 bridgehead atoms. The lowest BCUT2D eigenvalue weighted by molar-refractivity contribution is -0.136. The number of nitrogens with two attached hydrogens (primary N) is 1. The lowest BCUT2D eigenvalue weighted by atomic mass is 9.99. The number of aliphatic carboxylic acids is 1. The average Bonchev–Trinajstić information content (AvgIpc) is 3.41. The average molecular weight is 506 g/mol. The predicted molar refractivity (Wildman–Crippen MR) is 142 cm³/mol. The topological polar surface area (TPSA) is 114 Å². The van der Waals surface area contributed by atoms with Crippen molar-refractivity contribution in [1.29, 1.82) is 0 Å². The van der Waals surface area contributed by atoms with Crippen LogP contribution in [0.1, 0.15) is 46.8 Å². The van der Waals surface area contributed by atoms with Crippen LogP contribution in [0.2, 0.25) is 0 Å². The molecule has 7 nitrogen and oxygen atoms in total. The highest BCUT2D eigenvalue weighted by molar-refractivity contribution is 6.06. The molecule has 4 rings (SSSR count). The summed E-state index contributed by atoms with van der Waals surface area (Å²) < 4.78 is 20.0. The third-order valence-corrected chi connectivity index (χ3v) is 6.45. The van der Waals surface area contributed by atoms with E-state index in [-0.39, 0.29) is 19.1 Å². The van der Waals surface area contributed by atoms with Crippen LogP contribution in [0.25, 0.3) is 11.1 Å². The third-order valence-electron chi connectivity index (χ3n) is 6.45. The number of carboxylic acid groups (broad SMARTS) is 1. The van der Waals surface area contributed by atoms with Gasteiger partial charge in [-0.1, -0.05) is 19.1 Å². The summed E-state index contributed by atoms with van der Waals surface area (Å²) in [5, 5.41) is 15.6. The molecule has 3 aromatic carbocycles. The number of aryl methyl sites for hydroxylation is 1. The van der Waals surface area contributed by atoms with Gasteiger partial charge in [0.25, 0.3) is 5.91 Å². The minimum Gasteiger partial charge on any atom is -0.481 e. The SMILES string of the molecule is CCc1ccc(NC(=O)c2cc(NCC3CCCO3)cc(-c3cc(F)cc(CN)c3)c2)c(CC(=O)O)c1. The molecule has 1 saturated heterocycles. The van der Waals surface area contributed by atoms with Gasteiger partial charge in [-0.2, -0.15) is 0 Å². The van der Waals surface area contributed by atoms with Crippen molar-refractivity contribution in [3.8, 4) is 11.1 Å². The van der Waals surface area contributed by atoms with Crippen molar-refractivity contribution in [3.05, 3.63) is 82.7 Å². The highest BCUT2D eigenvalue weighted by Gasteiger charge is 2.17. The van der Waals surface area contributed by atoms with Gasteiger partial charge in [-0.3, -0.25) is 9.59 Å². The lowest BCUT2D eigenvalue weighted by Crippen LogP contribution is -2.19. The van der Waals surface area contributed by atoms with E-state index >= 15 is 0 Å². The van der Waals surface area contributed by atoms with Crippen molar-refractivity contribution in [2.45, 2.75) is 45.3 Å². The number of amides is 1. The minimum atomic E-state index is -0.979. The zero-order valence-corrected chi connectivity index (χ0v) is 20.9. The Morgan fingerprint density at radius 2 is 1.89 bits per heavy atom. The number of carbonyl (C=O) groups excluding carboxylic acids is 1. The van der Waals surface area contributed by atoms with Crippen LogP contribution in [0.3, 0.4) is 0 Å². The van der Waals surface area contributed by atoms with Gasteiger partial charge in [-0.25, -0.2) is 4.39 Å². The molecule has 5 N–H and O–H groups in total. The van der Waals surface area contributed by atoms with Crippen LogP contribution in [-0.2, 0) is 28.9 Å². The van der Waals surface area contributed by atoms with Gasteiger partial charge in [-0.15, -0.1) is 0 Å². The van der Waals surface area contributed by atoms with E-state index in [0.717, 1.165) is 31.4 Å². The minimum absolute atomic E-state index is 0.0922. The summed E-state index contributed by atoms with van der Waals surface area (Å²) in [6.07, 6.45) is 2.61. The molecule has 1 atom stereocenters. The monoisotopic (exact) mass is 505 g/mol. The van der Waals surface area contributed by atoms with Crippen LogP contribution in [0.5, 0.6) is 0 Å². The zero-order chi connectivity index (χ0) is 26.4. The van der Waals surface area contributed by atoms with E-state index in [1.807, 2.05) is 19.1 Å². The Kier molecular flexibility index (Phi) is 8.53. The molecular formula is C29H32FN3O4. The molecule has 8 heteroatoms. The molecule has 1 aliphatic rings. The Morgan fingerprint density at radius 3 is 2.59 bits per heavy atom.